The summed E-state index contributed by atoms with van der Waals surface area (Å²) in [6, 6.07) is 5.30. The van der Waals surface area contributed by atoms with Crippen LogP contribution in [0.1, 0.15) is 23.0 Å². The molecule has 0 saturated heterocycles. The molecule has 0 amide bonds. The first-order valence-electron chi connectivity index (χ1n) is 6.16. The number of carbonyl (C=O) groups is 1. The number of carbonyl (C=O) groups excluding carboxylic acids is 1. The predicted molar refractivity (Wildman–Crippen MR) is 78.4 cm³/mol. The van der Waals surface area contributed by atoms with Crippen molar-refractivity contribution in [3.05, 3.63) is 40.1 Å². The highest BCUT2D eigenvalue weighted by molar-refractivity contribution is 9.10. The molecule has 0 bridgehead atoms. The van der Waals surface area contributed by atoms with Crippen molar-refractivity contribution in [1.29, 1.82) is 0 Å². The van der Waals surface area contributed by atoms with Gasteiger partial charge in [0.15, 0.2) is 0 Å². The summed E-state index contributed by atoms with van der Waals surface area (Å²) in [7, 11) is 1.84. The van der Waals surface area contributed by atoms with Crippen LogP contribution in [0.4, 0.5) is 5.69 Å². The molecule has 0 atom stereocenters. The molecule has 0 aliphatic rings. The Morgan fingerprint density at radius 3 is 2.90 bits per heavy atom. The van der Waals surface area contributed by atoms with Gasteiger partial charge in [-0.05, 0) is 41.1 Å². The van der Waals surface area contributed by atoms with Crippen LogP contribution in [-0.4, -0.2) is 27.6 Å². The minimum absolute atomic E-state index is 0.324. The number of benzene rings is 1. The van der Waals surface area contributed by atoms with Crippen molar-refractivity contribution >= 4 is 27.6 Å². The monoisotopic (exact) mass is 338 g/mol. The number of nitrogens with zero attached hydrogens (tertiary/aromatic N) is 3. The number of aromatic nitrogens is 3. The average Bonchev–Trinajstić information content (AvgIpc) is 2.83. The summed E-state index contributed by atoms with van der Waals surface area (Å²) in [5.74, 6) is -0.324. The van der Waals surface area contributed by atoms with Gasteiger partial charge >= 0.3 is 5.97 Å². The smallest absolute Gasteiger partial charge is 0.338 e. The Labute approximate surface area is 125 Å². The van der Waals surface area contributed by atoms with Crippen LogP contribution >= 0.6 is 15.9 Å². The van der Waals surface area contributed by atoms with Crippen LogP contribution in [0.15, 0.2) is 28.9 Å². The van der Waals surface area contributed by atoms with Crippen molar-refractivity contribution < 1.29 is 9.53 Å². The second-order valence-electron chi connectivity index (χ2n) is 4.12. The van der Waals surface area contributed by atoms with Gasteiger partial charge in [-0.1, -0.05) is 5.21 Å². The van der Waals surface area contributed by atoms with Crippen LogP contribution in [0.3, 0.4) is 0 Å². The van der Waals surface area contributed by atoms with E-state index in [1.807, 2.05) is 13.1 Å². The highest BCUT2D eigenvalue weighted by Gasteiger charge is 2.09. The van der Waals surface area contributed by atoms with Crippen molar-refractivity contribution in [3.8, 4) is 0 Å². The van der Waals surface area contributed by atoms with E-state index in [1.165, 1.54) is 0 Å². The van der Waals surface area contributed by atoms with Gasteiger partial charge in [0.1, 0.15) is 0 Å². The summed E-state index contributed by atoms with van der Waals surface area (Å²) < 4.78 is 7.46. The van der Waals surface area contributed by atoms with Gasteiger partial charge in [0.2, 0.25) is 0 Å². The number of hydrogen-bond acceptors (Lipinski definition) is 5. The molecule has 0 spiro atoms. The third-order valence-electron chi connectivity index (χ3n) is 2.75. The summed E-state index contributed by atoms with van der Waals surface area (Å²) in [5, 5.41) is 10.9. The van der Waals surface area contributed by atoms with E-state index in [0.717, 1.165) is 15.9 Å². The molecule has 1 N–H and O–H groups in total. The predicted octanol–water partition coefficient (Wildman–Crippen LogP) is 2.37. The van der Waals surface area contributed by atoms with Gasteiger partial charge in [0, 0.05) is 17.2 Å². The number of aryl methyl sites for hydroxylation is 1. The third-order valence-corrected chi connectivity index (χ3v) is 3.40. The molecule has 0 aliphatic heterocycles. The van der Waals surface area contributed by atoms with E-state index in [2.05, 4.69) is 31.6 Å². The maximum Gasteiger partial charge on any atom is 0.338 e. The zero-order chi connectivity index (χ0) is 14.5. The van der Waals surface area contributed by atoms with Crippen LogP contribution in [0, 0.1) is 0 Å². The summed E-state index contributed by atoms with van der Waals surface area (Å²) in [6.45, 7) is 2.75. The Kier molecular flexibility index (Phi) is 4.73. The largest absolute Gasteiger partial charge is 0.462 e. The third kappa shape index (κ3) is 3.36. The Hall–Kier alpha value is -1.89. The van der Waals surface area contributed by atoms with Crippen molar-refractivity contribution in [3.63, 3.8) is 0 Å². The number of rotatable bonds is 5. The van der Waals surface area contributed by atoms with Gasteiger partial charge in [-0.2, -0.15) is 0 Å². The Balaban J connectivity index is 2.06. The van der Waals surface area contributed by atoms with E-state index in [4.69, 9.17) is 4.74 Å². The van der Waals surface area contributed by atoms with Crippen molar-refractivity contribution in [2.45, 2.75) is 13.5 Å². The number of ether oxygens (including phenoxy) is 1. The number of anilines is 1. The molecular formula is C13H15BrN4O2. The molecule has 6 nitrogen and oxygen atoms in total. The van der Waals surface area contributed by atoms with Crippen LogP contribution < -0.4 is 5.32 Å². The lowest BCUT2D eigenvalue weighted by atomic mass is 10.2. The highest BCUT2D eigenvalue weighted by atomic mass is 79.9. The fraction of sp³-hybridized carbons (Fsp3) is 0.308. The van der Waals surface area contributed by atoms with E-state index in [-0.39, 0.29) is 5.97 Å². The summed E-state index contributed by atoms with van der Waals surface area (Å²) >= 11 is 3.44. The number of hydrogen-bond donors (Lipinski definition) is 1. The van der Waals surface area contributed by atoms with Crippen LogP contribution in [0.2, 0.25) is 0 Å². The standard InChI is InChI=1S/C13H15BrN4O2/c1-3-20-13(19)9-4-5-12(11(14)6-9)15-7-10-8-16-17-18(10)2/h4-6,8,15H,3,7H2,1-2H3. The van der Waals surface area contributed by atoms with Crippen molar-refractivity contribution in [2.75, 3.05) is 11.9 Å². The molecule has 1 heterocycles. The van der Waals surface area contributed by atoms with Crippen LogP contribution in [-0.2, 0) is 18.3 Å². The second kappa shape index (κ2) is 6.51. The Bertz CT molecular complexity index is 612. The summed E-state index contributed by atoms with van der Waals surface area (Å²) in [4.78, 5) is 11.6. The lowest BCUT2D eigenvalue weighted by Crippen LogP contribution is -2.07. The van der Waals surface area contributed by atoms with E-state index >= 15 is 0 Å². The van der Waals surface area contributed by atoms with Gasteiger partial charge in [-0.3, -0.25) is 4.68 Å². The molecule has 0 aliphatic carbocycles. The quantitative estimate of drug-likeness (QED) is 0.847. The Morgan fingerprint density at radius 2 is 2.30 bits per heavy atom. The number of nitrogens with one attached hydrogen (secondary N) is 1. The molecule has 0 saturated carbocycles. The van der Waals surface area contributed by atoms with E-state index in [1.54, 1.807) is 29.9 Å². The van der Waals surface area contributed by atoms with Crippen LogP contribution in [0.25, 0.3) is 0 Å². The lowest BCUT2D eigenvalue weighted by molar-refractivity contribution is 0.0526. The molecule has 0 radical (unpaired) electrons. The molecule has 20 heavy (non-hydrogen) atoms. The zero-order valence-electron chi connectivity index (χ0n) is 11.3. The fourth-order valence-electron chi connectivity index (χ4n) is 1.66. The first-order valence-corrected chi connectivity index (χ1v) is 6.95. The van der Waals surface area contributed by atoms with Gasteiger partial charge in [0.05, 0.1) is 30.6 Å². The first kappa shape index (κ1) is 14.5. The van der Waals surface area contributed by atoms with Gasteiger partial charge < -0.3 is 10.1 Å². The molecular weight excluding hydrogens is 324 g/mol. The maximum absolute atomic E-state index is 11.6. The molecule has 1 aromatic carbocycles. The SMILES string of the molecule is CCOC(=O)c1ccc(NCc2cnnn2C)c(Br)c1. The minimum Gasteiger partial charge on any atom is -0.462 e. The topological polar surface area (TPSA) is 69.0 Å². The summed E-state index contributed by atoms with van der Waals surface area (Å²) in [6.07, 6.45) is 1.70. The fourth-order valence-corrected chi connectivity index (χ4v) is 2.18. The Morgan fingerprint density at radius 1 is 1.50 bits per heavy atom. The molecule has 2 aromatic rings. The molecule has 0 fully saturated rings. The zero-order valence-corrected chi connectivity index (χ0v) is 12.8. The summed E-state index contributed by atoms with van der Waals surface area (Å²) in [5.41, 5.74) is 2.37. The van der Waals surface area contributed by atoms with Gasteiger partial charge in [-0.15, -0.1) is 5.10 Å². The second-order valence-corrected chi connectivity index (χ2v) is 4.97. The van der Waals surface area contributed by atoms with E-state index in [9.17, 15) is 4.79 Å². The molecule has 7 heteroatoms. The van der Waals surface area contributed by atoms with Gasteiger partial charge in [0.25, 0.3) is 0 Å². The molecule has 0 unspecified atom stereocenters. The van der Waals surface area contributed by atoms with Crippen molar-refractivity contribution in [1.82, 2.24) is 15.0 Å². The molecule has 1 aromatic heterocycles. The van der Waals surface area contributed by atoms with Gasteiger partial charge in [-0.25, -0.2) is 4.79 Å². The molecule has 106 valence electrons. The lowest BCUT2D eigenvalue weighted by Gasteiger charge is -2.09. The highest BCUT2D eigenvalue weighted by Crippen LogP contribution is 2.24. The van der Waals surface area contributed by atoms with Crippen LogP contribution in [0.5, 0.6) is 0 Å². The average molecular weight is 339 g/mol. The first-order chi connectivity index (χ1) is 9.61. The normalized spacial score (nSPS) is 10.3. The molecule has 2 rings (SSSR count). The minimum atomic E-state index is -0.324. The number of halogens is 1. The number of esters is 1. The van der Waals surface area contributed by atoms with Crippen molar-refractivity contribution in [2.24, 2.45) is 7.05 Å². The van der Waals surface area contributed by atoms with E-state index < -0.39 is 0 Å². The van der Waals surface area contributed by atoms with E-state index in [0.29, 0.717) is 18.7 Å². The maximum atomic E-state index is 11.6.